The molecule has 21 heavy (non-hydrogen) atoms. The van der Waals surface area contributed by atoms with Crippen LogP contribution in [0.2, 0.25) is 0 Å². The topological polar surface area (TPSA) is 64.1 Å². The predicted molar refractivity (Wildman–Crippen MR) is 88.9 cm³/mol. The van der Waals surface area contributed by atoms with E-state index in [9.17, 15) is 0 Å². The van der Waals surface area contributed by atoms with E-state index in [1.165, 1.54) is 11.1 Å². The van der Waals surface area contributed by atoms with Crippen LogP contribution in [0.5, 0.6) is 0 Å². The summed E-state index contributed by atoms with van der Waals surface area (Å²) in [5, 5.41) is 3.38. The zero-order chi connectivity index (χ0) is 15.0. The largest absolute Gasteiger partial charge is 0.398 e. The molecule has 1 aliphatic rings. The smallest absolute Gasteiger partial charge is 0.0430 e. The molecule has 0 radical (unpaired) electrons. The van der Waals surface area contributed by atoms with Gasteiger partial charge in [0, 0.05) is 23.3 Å². The van der Waals surface area contributed by atoms with Crippen molar-refractivity contribution >= 4 is 5.69 Å². The van der Waals surface area contributed by atoms with E-state index in [0.29, 0.717) is 0 Å². The quantitative estimate of drug-likeness (QED) is 0.742. The first-order chi connectivity index (χ1) is 9.97. The second kappa shape index (κ2) is 5.17. The van der Waals surface area contributed by atoms with E-state index in [4.69, 9.17) is 11.5 Å². The molecule has 5 N–H and O–H groups in total. The van der Waals surface area contributed by atoms with Crippen LogP contribution in [0.3, 0.4) is 0 Å². The molecular formula is C18H23N3. The molecule has 1 aliphatic heterocycles. The van der Waals surface area contributed by atoms with Crippen LogP contribution in [0.15, 0.2) is 36.4 Å². The molecule has 0 bridgehead atoms. The molecule has 0 atom stereocenters. The van der Waals surface area contributed by atoms with E-state index in [2.05, 4.69) is 41.7 Å². The standard InChI is InChI=1S/C18H23N3/c1-18(2,20)14-6-3-12(4-7-14)15-8-5-13-11-21-10-9-16(13)17(15)19/h3-8,21H,9-11,19-20H2,1-2H3. The molecule has 0 aliphatic carbocycles. The van der Waals surface area contributed by atoms with Crippen molar-refractivity contribution in [3.8, 4) is 11.1 Å². The average Bonchev–Trinajstić information content (AvgIpc) is 2.47. The van der Waals surface area contributed by atoms with E-state index in [1.807, 2.05) is 13.8 Å². The van der Waals surface area contributed by atoms with Crippen molar-refractivity contribution in [1.82, 2.24) is 5.32 Å². The number of nitrogen functional groups attached to an aromatic ring is 1. The lowest BCUT2D eigenvalue weighted by molar-refractivity contribution is 0.554. The summed E-state index contributed by atoms with van der Waals surface area (Å²) < 4.78 is 0. The van der Waals surface area contributed by atoms with Crippen LogP contribution in [-0.4, -0.2) is 6.54 Å². The van der Waals surface area contributed by atoms with Crippen LogP contribution in [0.4, 0.5) is 5.69 Å². The summed E-state index contributed by atoms with van der Waals surface area (Å²) in [6, 6.07) is 12.7. The summed E-state index contributed by atoms with van der Waals surface area (Å²) in [4.78, 5) is 0. The van der Waals surface area contributed by atoms with E-state index < -0.39 is 0 Å². The first kappa shape index (κ1) is 14.1. The first-order valence-electron chi connectivity index (χ1n) is 7.47. The summed E-state index contributed by atoms with van der Waals surface area (Å²) >= 11 is 0. The van der Waals surface area contributed by atoms with Gasteiger partial charge < -0.3 is 16.8 Å². The Kier molecular flexibility index (Phi) is 3.47. The summed E-state index contributed by atoms with van der Waals surface area (Å²) in [6.45, 7) is 5.95. The number of anilines is 1. The maximum Gasteiger partial charge on any atom is 0.0430 e. The Balaban J connectivity index is 2.01. The zero-order valence-corrected chi connectivity index (χ0v) is 12.7. The van der Waals surface area contributed by atoms with Crippen molar-refractivity contribution in [1.29, 1.82) is 0 Å². The van der Waals surface area contributed by atoms with E-state index >= 15 is 0 Å². The minimum atomic E-state index is -0.314. The van der Waals surface area contributed by atoms with Crippen molar-refractivity contribution < 1.29 is 0 Å². The molecule has 2 aromatic rings. The van der Waals surface area contributed by atoms with Gasteiger partial charge in [-0.1, -0.05) is 36.4 Å². The van der Waals surface area contributed by atoms with Gasteiger partial charge in [-0.2, -0.15) is 0 Å². The number of rotatable bonds is 2. The molecular weight excluding hydrogens is 258 g/mol. The molecule has 3 heteroatoms. The molecule has 3 rings (SSSR count). The van der Waals surface area contributed by atoms with Gasteiger partial charge in [-0.05, 0) is 49.1 Å². The minimum absolute atomic E-state index is 0.314. The molecule has 2 aromatic carbocycles. The lowest BCUT2D eigenvalue weighted by Gasteiger charge is -2.22. The molecule has 0 saturated heterocycles. The van der Waals surface area contributed by atoms with Gasteiger partial charge in [0.15, 0.2) is 0 Å². The molecule has 1 heterocycles. The molecule has 0 aromatic heterocycles. The molecule has 0 amide bonds. The number of hydrogen-bond donors (Lipinski definition) is 3. The van der Waals surface area contributed by atoms with Crippen molar-refractivity contribution in [2.24, 2.45) is 5.73 Å². The van der Waals surface area contributed by atoms with Gasteiger partial charge in [0.25, 0.3) is 0 Å². The van der Waals surface area contributed by atoms with Gasteiger partial charge in [-0.3, -0.25) is 0 Å². The second-order valence-electron chi connectivity index (χ2n) is 6.39. The van der Waals surface area contributed by atoms with Gasteiger partial charge in [-0.25, -0.2) is 0 Å². The number of hydrogen-bond acceptors (Lipinski definition) is 3. The lowest BCUT2D eigenvalue weighted by atomic mass is 9.90. The molecule has 3 nitrogen and oxygen atoms in total. The number of fused-ring (bicyclic) bond motifs is 1. The summed E-state index contributed by atoms with van der Waals surface area (Å²) in [5.41, 5.74) is 19.2. The fourth-order valence-electron chi connectivity index (χ4n) is 2.94. The van der Waals surface area contributed by atoms with Crippen LogP contribution in [0, 0.1) is 0 Å². The van der Waals surface area contributed by atoms with Crippen molar-refractivity contribution in [2.75, 3.05) is 12.3 Å². The van der Waals surface area contributed by atoms with Crippen molar-refractivity contribution in [2.45, 2.75) is 32.4 Å². The van der Waals surface area contributed by atoms with Crippen LogP contribution >= 0.6 is 0 Å². The maximum absolute atomic E-state index is 6.41. The third kappa shape index (κ3) is 2.67. The number of nitrogens with two attached hydrogens (primary N) is 2. The van der Waals surface area contributed by atoms with Gasteiger partial charge in [0.05, 0.1) is 0 Å². The Morgan fingerprint density at radius 2 is 1.76 bits per heavy atom. The van der Waals surface area contributed by atoms with Crippen molar-refractivity contribution in [3.05, 3.63) is 53.1 Å². The highest BCUT2D eigenvalue weighted by Crippen LogP contribution is 2.33. The highest BCUT2D eigenvalue weighted by molar-refractivity contribution is 5.80. The molecule has 110 valence electrons. The second-order valence-corrected chi connectivity index (χ2v) is 6.39. The first-order valence-corrected chi connectivity index (χ1v) is 7.47. The number of benzene rings is 2. The summed E-state index contributed by atoms with van der Waals surface area (Å²) in [6.07, 6.45) is 1.00. The SMILES string of the molecule is CC(C)(N)c1ccc(-c2ccc3c(c2N)CCNC3)cc1. The molecule has 0 spiro atoms. The maximum atomic E-state index is 6.41. The fraction of sp³-hybridized carbons (Fsp3) is 0.333. The monoisotopic (exact) mass is 281 g/mol. The lowest BCUT2D eigenvalue weighted by Crippen LogP contribution is -2.28. The third-order valence-corrected chi connectivity index (χ3v) is 4.26. The highest BCUT2D eigenvalue weighted by atomic mass is 14.9. The van der Waals surface area contributed by atoms with Gasteiger partial charge in [0.2, 0.25) is 0 Å². The normalized spacial score (nSPS) is 14.8. The average molecular weight is 281 g/mol. The van der Waals surface area contributed by atoms with Crippen LogP contribution in [-0.2, 0) is 18.5 Å². The van der Waals surface area contributed by atoms with E-state index in [1.54, 1.807) is 0 Å². The summed E-state index contributed by atoms with van der Waals surface area (Å²) in [5.74, 6) is 0. The Morgan fingerprint density at radius 3 is 2.43 bits per heavy atom. The molecule has 0 saturated carbocycles. The van der Waals surface area contributed by atoms with E-state index in [-0.39, 0.29) is 5.54 Å². The number of nitrogens with one attached hydrogen (secondary N) is 1. The van der Waals surface area contributed by atoms with Crippen LogP contribution < -0.4 is 16.8 Å². The fourth-order valence-corrected chi connectivity index (χ4v) is 2.94. The summed E-state index contributed by atoms with van der Waals surface area (Å²) in [7, 11) is 0. The Labute approximate surface area is 126 Å². The van der Waals surface area contributed by atoms with Gasteiger partial charge in [-0.15, -0.1) is 0 Å². The Bertz CT molecular complexity index is 651. The van der Waals surface area contributed by atoms with Crippen molar-refractivity contribution in [3.63, 3.8) is 0 Å². The van der Waals surface area contributed by atoms with E-state index in [0.717, 1.165) is 41.9 Å². The van der Waals surface area contributed by atoms with Gasteiger partial charge in [0.1, 0.15) is 0 Å². The highest BCUT2D eigenvalue weighted by Gasteiger charge is 2.16. The third-order valence-electron chi connectivity index (χ3n) is 4.26. The molecule has 0 fully saturated rings. The predicted octanol–water partition coefficient (Wildman–Crippen LogP) is 2.78. The van der Waals surface area contributed by atoms with Crippen LogP contribution in [0.25, 0.3) is 11.1 Å². The zero-order valence-electron chi connectivity index (χ0n) is 12.7. The van der Waals surface area contributed by atoms with Crippen LogP contribution in [0.1, 0.15) is 30.5 Å². The Morgan fingerprint density at radius 1 is 1.05 bits per heavy atom. The molecule has 0 unspecified atom stereocenters. The Hall–Kier alpha value is -1.84. The van der Waals surface area contributed by atoms with Gasteiger partial charge >= 0.3 is 0 Å². The minimum Gasteiger partial charge on any atom is -0.398 e.